The van der Waals surface area contributed by atoms with Crippen LogP contribution in [0.25, 0.3) is 6.08 Å². The van der Waals surface area contributed by atoms with E-state index in [0.29, 0.717) is 39.8 Å². The largest absolute Gasteiger partial charge is 0.497 e. The highest BCUT2D eigenvalue weighted by Crippen LogP contribution is 2.31. The van der Waals surface area contributed by atoms with Crippen molar-refractivity contribution >= 4 is 35.5 Å². The van der Waals surface area contributed by atoms with Gasteiger partial charge in [0.15, 0.2) is 17.2 Å². The molecule has 0 N–H and O–H groups in total. The third-order valence-corrected chi connectivity index (χ3v) is 5.01. The summed E-state index contributed by atoms with van der Waals surface area (Å²) in [5.74, 6) is 0.172. The van der Waals surface area contributed by atoms with Crippen LogP contribution in [0, 0.1) is 0 Å². The molecule has 172 valence electrons. The van der Waals surface area contributed by atoms with Crippen molar-refractivity contribution in [2.24, 2.45) is 4.99 Å². The smallest absolute Gasteiger partial charge is 0.363 e. The fourth-order valence-corrected chi connectivity index (χ4v) is 3.38. The summed E-state index contributed by atoms with van der Waals surface area (Å²) in [6.07, 6.45) is 1.57. The van der Waals surface area contributed by atoms with Crippen LogP contribution in [0.4, 0.5) is 0 Å². The molecule has 0 spiro atoms. The number of hydrogen-bond acceptors (Lipinski definition) is 7. The topological polar surface area (TPSA) is 83.4 Å². The number of methoxy groups -OCH3 is 1. The maximum atomic E-state index is 12.6. The van der Waals surface area contributed by atoms with Crippen molar-refractivity contribution in [2.75, 3.05) is 13.7 Å². The van der Waals surface area contributed by atoms with Gasteiger partial charge in [0, 0.05) is 10.6 Å². The van der Waals surface area contributed by atoms with Crippen molar-refractivity contribution in [1.29, 1.82) is 0 Å². The summed E-state index contributed by atoms with van der Waals surface area (Å²) in [5, 5.41) is 0.508. The fraction of sp³-hybridized carbons (Fsp3) is 0.115. The molecule has 0 saturated heterocycles. The van der Waals surface area contributed by atoms with E-state index in [1.807, 2.05) is 6.92 Å². The Morgan fingerprint density at radius 2 is 1.88 bits per heavy atom. The predicted molar refractivity (Wildman–Crippen MR) is 128 cm³/mol. The number of benzene rings is 3. The third-order valence-electron chi connectivity index (χ3n) is 4.77. The Kier molecular flexibility index (Phi) is 6.94. The number of carbonyl (C=O) groups excluding carboxylic acids is 2. The predicted octanol–water partition coefficient (Wildman–Crippen LogP) is 5.31. The van der Waals surface area contributed by atoms with Gasteiger partial charge >= 0.3 is 11.9 Å². The molecule has 4 rings (SSSR count). The summed E-state index contributed by atoms with van der Waals surface area (Å²) >= 11 is 6.01. The number of esters is 2. The molecule has 0 unspecified atom stereocenters. The molecular weight excluding hydrogens is 458 g/mol. The quantitative estimate of drug-likeness (QED) is 0.260. The highest BCUT2D eigenvalue weighted by atomic mass is 35.5. The zero-order valence-corrected chi connectivity index (χ0v) is 19.2. The highest BCUT2D eigenvalue weighted by molar-refractivity contribution is 6.31. The van der Waals surface area contributed by atoms with Gasteiger partial charge in [0.05, 0.1) is 19.3 Å². The Labute approximate surface area is 201 Å². The van der Waals surface area contributed by atoms with E-state index >= 15 is 0 Å². The summed E-state index contributed by atoms with van der Waals surface area (Å²) < 4.78 is 21.6. The maximum Gasteiger partial charge on any atom is 0.363 e. The average Bonchev–Trinajstić information content (AvgIpc) is 3.21. The Morgan fingerprint density at radius 3 is 2.65 bits per heavy atom. The van der Waals surface area contributed by atoms with Gasteiger partial charge in [-0.3, -0.25) is 0 Å². The summed E-state index contributed by atoms with van der Waals surface area (Å²) in [6.45, 7) is 2.16. The van der Waals surface area contributed by atoms with Crippen LogP contribution < -0.4 is 14.2 Å². The fourth-order valence-electron chi connectivity index (χ4n) is 3.19. The van der Waals surface area contributed by atoms with Gasteiger partial charge in [-0.15, -0.1) is 0 Å². The second-order valence-electron chi connectivity index (χ2n) is 7.11. The molecule has 0 aliphatic carbocycles. The van der Waals surface area contributed by atoms with Gasteiger partial charge in [-0.25, -0.2) is 14.6 Å². The summed E-state index contributed by atoms with van der Waals surface area (Å²) in [4.78, 5) is 29.2. The van der Waals surface area contributed by atoms with Crippen molar-refractivity contribution in [3.63, 3.8) is 0 Å². The van der Waals surface area contributed by atoms with E-state index in [1.54, 1.807) is 72.8 Å². The average molecular weight is 478 g/mol. The molecule has 1 aliphatic rings. The molecular formula is C26H20ClNO6. The molecule has 0 aromatic heterocycles. The molecule has 0 saturated carbocycles. The molecule has 34 heavy (non-hydrogen) atoms. The summed E-state index contributed by atoms with van der Waals surface area (Å²) in [5.41, 5.74) is 1.68. The second-order valence-corrected chi connectivity index (χ2v) is 7.54. The van der Waals surface area contributed by atoms with Gasteiger partial charge in [0.2, 0.25) is 5.90 Å². The minimum atomic E-state index is -0.582. The zero-order chi connectivity index (χ0) is 24.1. The number of halogens is 1. The van der Waals surface area contributed by atoms with Crippen molar-refractivity contribution in [2.45, 2.75) is 6.92 Å². The molecule has 0 fully saturated rings. The van der Waals surface area contributed by atoms with E-state index in [2.05, 4.69) is 4.99 Å². The van der Waals surface area contributed by atoms with Crippen LogP contribution >= 0.6 is 11.6 Å². The Bertz CT molecular complexity index is 1310. The van der Waals surface area contributed by atoms with E-state index in [1.165, 1.54) is 7.11 Å². The van der Waals surface area contributed by atoms with Gasteiger partial charge in [-0.1, -0.05) is 29.8 Å². The molecule has 0 atom stereocenters. The number of rotatable bonds is 7. The molecule has 1 aliphatic heterocycles. The van der Waals surface area contributed by atoms with Crippen LogP contribution in [0.3, 0.4) is 0 Å². The van der Waals surface area contributed by atoms with Crippen LogP contribution in [0.15, 0.2) is 77.4 Å². The molecule has 0 amide bonds. The number of aliphatic imine (C=N–C) groups is 1. The lowest BCUT2D eigenvalue weighted by atomic mass is 10.1. The van der Waals surface area contributed by atoms with Crippen LogP contribution in [0.5, 0.6) is 17.2 Å². The van der Waals surface area contributed by atoms with Crippen LogP contribution in [-0.2, 0) is 9.53 Å². The number of ether oxygens (including phenoxy) is 4. The van der Waals surface area contributed by atoms with Crippen molar-refractivity contribution in [3.8, 4) is 17.2 Å². The van der Waals surface area contributed by atoms with Crippen molar-refractivity contribution in [3.05, 3.63) is 94.1 Å². The Hall–Kier alpha value is -4.10. The highest BCUT2D eigenvalue weighted by Gasteiger charge is 2.24. The summed E-state index contributed by atoms with van der Waals surface area (Å²) in [6, 6.07) is 18.5. The second kappa shape index (κ2) is 10.2. The first-order valence-electron chi connectivity index (χ1n) is 10.4. The van der Waals surface area contributed by atoms with Gasteiger partial charge in [0.25, 0.3) is 0 Å². The molecule has 0 radical (unpaired) electrons. The van der Waals surface area contributed by atoms with E-state index in [4.69, 9.17) is 30.5 Å². The molecule has 0 bridgehead atoms. The molecule has 8 heteroatoms. The van der Waals surface area contributed by atoms with Crippen molar-refractivity contribution in [1.82, 2.24) is 0 Å². The Balaban J connectivity index is 1.59. The van der Waals surface area contributed by atoms with E-state index < -0.39 is 11.9 Å². The van der Waals surface area contributed by atoms with Gasteiger partial charge in [-0.05, 0) is 67.1 Å². The number of cyclic esters (lactones) is 1. The lowest BCUT2D eigenvalue weighted by molar-refractivity contribution is -0.129. The number of carbonyl (C=O) groups is 2. The normalized spacial score (nSPS) is 13.9. The SMILES string of the molecule is CCOc1cc(C=C2N=C(c3cccc(Cl)c3)OC2=O)ccc1OC(=O)c1cccc(OC)c1. The first-order chi connectivity index (χ1) is 16.5. The molecule has 1 heterocycles. The monoisotopic (exact) mass is 477 g/mol. The first kappa shape index (κ1) is 23.1. The van der Waals surface area contributed by atoms with Crippen molar-refractivity contribution < 1.29 is 28.5 Å². The van der Waals surface area contributed by atoms with Crippen LogP contribution in [0.1, 0.15) is 28.4 Å². The Morgan fingerprint density at radius 1 is 1.06 bits per heavy atom. The number of nitrogens with zero attached hydrogens (tertiary/aromatic N) is 1. The minimum Gasteiger partial charge on any atom is -0.497 e. The standard InChI is InChI=1S/C26H20ClNO6/c1-3-32-23-13-16(10-11-22(23)33-25(29)18-7-5-9-20(15-18)31-2)12-21-26(30)34-24(28-21)17-6-4-8-19(27)14-17/h4-15H,3H2,1-2H3. The van der Waals surface area contributed by atoms with Gasteiger partial charge in [-0.2, -0.15) is 0 Å². The van der Waals surface area contributed by atoms with Gasteiger partial charge in [0.1, 0.15) is 5.75 Å². The number of hydrogen-bond donors (Lipinski definition) is 0. The molecule has 3 aromatic rings. The molecule has 3 aromatic carbocycles. The first-order valence-corrected chi connectivity index (χ1v) is 10.8. The van der Waals surface area contributed by atoms with Gasteiger partial charge < -0.3 is 18.9 Å². The van der Waals surface area contributed by atoms with E-state index in [0.717, 1.165) is 0 Å². The third kappa shape index (κ3) is 5.27. The minimum absolute atomic E-state index is 0.124. The van der Waals surface area contributed by atoms with Crippen LogP contribution in [-0.4, -0.2) is 31.6 Å². The summed E-state index contributed by atoms with van der Waals surface area (Å²) in [7, 11) is 1.52. The maximum absolute atomic E-state index is 12.6. The van der Waals surface area contributed by atoms with E-state index in [9.17, 15) is 9.59 Å². The van der Waals surface area contributed by atoms with Crippen LogP contribution in [0.2, 0.25) is 5.02 Å². The lowest BCUT2D eigenvalue weighted by Crippen LogP contribution is -2.10. The lowest BCUT2D eigenvalue weighted by Gasteiger charge is -2.12. The van der Waals surface area contributed by atoms with E-state index in [-0.39, 0.29) is 17.3 Å². The zero-order valence-electron chi connectivity index (χ0n) is 18.4. The molecule has 7 nitrogen and oxygen atoms in total.